The molecule has 0 spiro atoms. The van der Waals surface area contributed by atoms with Crippen LogP contribution in [0.3, 0.4) is 0 Å². The molecule has 1 unspecified atom stereocenters. The Bertz CT molecular complexity index is 863. The maximum atomic E-state index is 11.9. The Balaban J connectivity index is 1.35. The normalized spacial score (nSPS) is 11.9. The first-order chi connectivity index (χ1) is 13.1. The summed E-state index contributed by atoms with van der Waals surface area (Å²) in [6.45, 7) is 2.20. The number of aryl methyl sites for hydroxylation is 2. The Kier molecular flexibility index (Phi) is 6.56. The highest BCUT2D eigenvalue weighted by molar-refractivity contribution is 7.08. The lowest BCUT2D eigenvalue weighted by Gasteiger charge is -2.13. The van der Waals surface area contributed by atoms with Crippen LogP contribution in [0.25, 0.3) is 11.4 Å². The first-order valence-corrected chi connectivity index (χ1v) is 9.54. The monoisotopic (exact) mass is 387 g/mol. The zero-order valence-electron chi connectivity index (χ0n) is 14.9. The van der Waals surface area contributed by atoms with Crippen molar-refractivity contribution in [3.8, 4) is 17.1 Å². The molecule has 2 N–H and O–H groups in total. The van der Waals surface area contributed by atoms with Crippen molar-refractivity contribution < 1.29 is 19.2 Å². The largest absolute Gasteiger partial charge is 0.491 e. The van der Waals surface area contributed by atoms with Crippen molar-refractivity contribution in [1.82, 2.24) is 15.5 Å². The SMILES string of the molecule is Cc1cccc(OCC(O)CNC(=O)CCc2nc(-c3ccsc3)no2)c1. The van der Waals surface area contributed by atoms with Gasteiger partial charge in [-0.2, -0.15) is 16.3 Å². The van der Waals surface area contributed by atoms with Gasteiger partial charge < -0.3 is 19.7 Å². The van der Waals surface area contributed by atoms with Gasteiger partial charge in [0.25, 0.3) is 0 Å². The number of thiophene rings is 1. The Labute approximate surface area is 161 Å². The molecule has 3 aromatic rings. The lowest BCUT2D eigenvalue weighted by atomic mass is 10.2. The van der Waals surface area contributed by atoms with Crippen molar-refractivity contribution in [3.63, 3.8) is 0 Å². The standard InChI is InChI=1S/C19H21N3O4S/c1-13-3-2-4-16(9-13)25-11-15(23)10-20-17(24)5-6-18-21-19(22-26-18)14-7-8-27-12-14/h2-4,7-9,12,15,23H,5-6,10-11H2,1H3,(H,20,24). The lowest BCUT2D eigenvalue weighted by molar-refractivity contribution is -0.121. The molecule has 27 heavy (non-hydrogen) atoms. The van der Waals surface area contributed by atoms with Gasteiger partial charge in [0, 0.05) is 30.3 Å². The lowest BCUT2D eigenvalue weighted by Crippen LogP contribution is -2.35. The van der Waals surface area contributed by atoms with Gasteiger partial charge in [-0.3, -0.25) is 4.79 Å². The summed E-state index contributed by atoms with van der Waals surface area (Å²) >= 11 is 1.55. The molecule has 2 aromatic heterocycles. The summed E-state index contributed by atoms with van der Waals surface area (Å²) in [7, 11) is 0. The first kappa shape index (κ1) is 19.1. The Morgan fingerprint density at radius 1 is 1.41 bits per heavy atom. The Hall–Kier alpha value is -2.71. The van der Waals surface area contributed by atoms with Crippen LogP contribution in [0.2, 0.25) is 0 Å². The summed E-state index contributed by atoms with van der Waals surface area (Å²) in [6, 6.07) is 9.48. The van der Waals surface area contributed by atoms with Gasteiger partial charge in [-0.05, 0) is 36.1 Å². The van der Waals surface area contributed by atoms with E-state index in [0.29, 0.717) is 23.9 Å². The molecule has 0 aliphatic heterocycles. The summed E-state index contributed by atoms with van der Waals surface area (Å²) in [5, 5.41) is 20.4. The summed E-state index contributed by atoms with van der Waals surface area (Å²) in [5.74, 6) is 1.43. The molecule has 0 aliphatic rings. The molecule has 8 heteroatoms. The van der Waals surface area contributed by atoms with E-state index in [1.807, 2.05) is 48.0 Å². The van der Waals surface area contributed by atoms with E-state index in [-0.39, 0.29) is 25.5 Å². The number of hydrogen-bond acceptors (Lipinski definition) is 7. The van der Waals surface area contributed by atoms with Crippen LogP contribution in [-0.2, 0) is 11.2 Å². The zero-order chi connectivity index (χ0) is 19.1. The summed E-state index contributed by atoms with van der Waals surface area (Å²) in [6.07, 6.45) is -0.238. The summed E-state index contributed by atoms with van der Waals surface area (Å²) in [5.41, 5.74) is 1.98. The third-order valence-corrected chi connectivity index (χ3v) is 4.46. The van der Waals surface area contributed by atoms with Crippen LogP contribution in [0.15, 0.2) is 45.6 Å². The maximum absolute atomic E-state index is 11.9. The maximum Gasteiger partial charge on any atom is 0.227 e. The molecule has 0 radical (unpaired) electrons. The molecule has 0 aliphatic carbocycles. The van der Waals surface area contributed by atoms with Crippen molar-refractivity contribution in [2.45, 2.75) is 25.9 Å². The van der Waals surface area contributed by atoms with Crippen molar-refractivity contribution in [2.75, 3.05) is 13.2 Å². The molecule has 1 amide bonds. The highest BCUT2D eigenvalue weighted by Crippen LogP contribution is 2.19. The van der Waals surface area contributed by atoms with E-state index >= 15 is 0 Å². The van der Waals surface area contributed by atoms with Crippen LogP contribution in [0.4, 0.5) is 0 Å². The van der Waals surface area contributed by atoms with Gasteiger partial charge in [0.05, 0.1) is 0 Å². The average molecular weight is 387 g/mol. The zero-order valence-corrected chi connectivity index (χ0v) is 15.7. The summed E-state index contributed by atoms with van der Waals surface area (Å²) < 4.78 is 10.7. The average Bonchev–Trinajstić information content (AvgIpc) is 3.34. The second kappa shape index (κ2) is 9.29. The Morgan fingerprint density at radius 2 is 2.30 bits per heavy atom. The number of benzene rings is 1. The molecule has 0 fully saturated rings. The number of rotatable bonds is 9. The highest BCUT2D eigenvalue weighted by atomic mass is 32.1. The van der Waals surface area contributed by atoms with E-state index in [4.69, 9.17) is 9.26 Å². The van der Waals surface area contributed by atoms with Gasteiger partial charge in [0.2, 0.25) is 17.6 Å². The number of amides is 1. The van der Waals surface area contributed by atoms with Crippen molar-refractivity contribution in [3.05, 3.63) is 52.5 Å². The number of aromatic nitrogens is 2. The highest BCUT2D eigenvalue weighted by Gasteiger charge is 2.12. The summed E-state index contributed by atoms with van der Waals surface area (Å²) in [4.78, 5) is 16.2. The van der Waals surface area contributed by atoms with E-state index in [0.717, 1.165) is 11.1 Å². The minimum atomic E-state index is -0.789. The van der Waals surface area contributed by atoms with Crippen LogP contribution in [-0.4, -0.2) is 40.4 Å². The molecule has 1 aromatic carbocycles. The van der Waals surface area contributed by atoms with Gasteiger partial charge in [0.1, 0.15) is 18.5 Å². The number of nitrogens with one attached hydrogen (secondary N) is 1. The quantitative estimate of drug-likeness (QED) is 0.586. The molecule has 2 heterocycles. The number of aliphatic hydroxyl groups excluding tert-OH is 1. The number of carbonyl (C=O) groups is 1. The van der Waals surface area contributed by atoms with E-state index in [1.165, 1.54) is 0 Å². The fraction of sp³-hybridized carbons (Fsp3) is 0.316. The van der Waals surface area contributed by atoms with Crippen molar-refractivity contribution in [1.29, 1.82) is 0 Å². The molecular weight excluding hydrogens is 366 g/mol. The second-order valence-corrected chi connectivity index (χ2v) is 6.89. The number of nitrogens with zero attached hydrogens (tertiary/aromatic N) is 2. The van der Waals surface area contributed by atoms with Gasteiger partial charge >= 0.3 is 0 Å². The van der Waals surface area contributed by atoms with E-state index < -0.39 is 6.10 Å². The molecule has 0 bridgehead atoms. The third kappa shape index (κ3) is 5.90. The number of ether oxygens (including phenoxy) is 1. The van der Waals surface area contributed by atoms with Gasteiger partial charge in [-0.25, -0.2) is 0 Å². The Morgan fingerprint density at radius 3 is 3.07 bits per heavy atom. The number of aliphatic hydroxyl groups is 1. The van der Waals surface area contributed by atoms with Crippen LogP contribution in [0, 0.1) is 6.92 Å². The van der Waals surface area contributed by atoms with Crippen molar-refractivity contribution >= 4 is 17.2 Å². The van der Waals surface area contributed by atoms with Crippen LogP contribution >= 0.6 is 11.3 Å². The predicted molar refractivity (Wildman–Crippen MR) is 102 cm³/mol. The van der Waals surface area contributed by atoms with Gasteiger partial charge in [-0.15, -0.1) is 0 Å². The van der Waals surface area contributed by atoms with E-state index in [1.54, 1.807) is 11.3 Å². The number of carbonyl (C=O) groups excluding carboxylic acids is 1. The topological polar surface area (TPSA) is 97.5 Å². The third-order valence-electron chi connectivity index (χ3n) is 3.78. The fourth-order valence-corrected chi connectivity index (χ4v) is 3.00. The molecule has 7 nitrogen and oxygen atoms in total. The van der Waals surface area contributed by atoms with Crippen LogP contribution in [0.1, 0.15) is 17.9 Å². The second-order valence-electron chi connectivity index (χ2n) is 6.11. The molecule has 0 saturated heterocycles. The molecule has 3 rings (SSSR count). The minimum Gasteiger partial charge on any atom is -0.491 e. The molecule has 142 valence electrons. The van der Waals surface area contributed by atoms with Gasteiger partial charge in [0.15, 0.2) is 0 Å². The predicted octanol–water partition coefficient (Wildman–Crippen LogP) is 2.60. The van der Waals surface area contributed by atoms with Crippen molar-refractivity contribution in [2.24, 2.45) is 0 Å². The van der Waals surface area contributed by atoms with Crippen LogP contribution < -0.4 is 10.1 Å². The number of hydrogen-bond donors (Lipinski definition) is 2. The van der Waals surface area contributed by atoms with E-state index in [9.17, 15) is 9.90 Å². The molecule has 0 saturated carbocycles. The molecule has 1 atom stereocenters. The fourth-order valence-electron chi connectivity index (χ4n) is 2.36. The molecular formula is C19H21N3O4S. The van der Waals surface area contributed by atoms with Gasteiger partial charge in [-0.1, -0.05) is 17.3 Å². The first-order valence-electron chi connectivity index (χ1n) is 8.59. The van der Waals surface area contributed by atoms with E-state index in [2.05, 4.69) is 15.5 Å². The minimum absolute atomic E-state index is 0.109. The van der Waals surface area contributed by atoms with Crippen LogP contribution in [0.5, 0.6) is 5.75 Å². The smallest absolute Gasteiger partial charge is 0.227 e.